The van der Waals surface area contributed by atoms with Gasteiger partial charge in [-0.15, -0.1) is 0 Å². The Morgan fingerprint density at radius 1 is 0.582 bits per heavy atom. The van der Waals surface area contributed by atoms with Crippen molar-refractivity contribution < 1.29 is 42.1 Å². The monoisotopic (exact) mass is 797 g/mol. The molecule has 0 fully saturated rings. The third-order valence-corrected chi connectivity index (χ3v) is 10.1. The maximum absolute atomic E-state index is 12.7. The molecule has 0 spiro atoms. The number of rotatable bonds is 39. The van der Waals surface area contributed by atoms with Gasteiger partial charge in [-0.2, -0.15) is 0 Å². The second-order valence-electron chi connectivity index (χ2n) is 15.7. The van der Waals surface area contributed by atoms with Crippen LogP contribution in [0.5, 0.6) is 0 Å². The Morgan fingerprint density at radius 2 is 1.04 bits per heavy atom. The maximum Gasteiger partial charge on any atom is 0.472 e. The highest BCUT2D eigenvalue weighted by atomic mass is 31.2. The van der Waals surface area contributed by atoms with E-state index in [0.717, 1.165) is 83.5 Å². The Kier molecular flexibility index (Phi) is 36.2. The number of ether oxygens (including phenoxy) is 2. The molecule has 0 aliphatic carbocycles. The number of phosphoric acid groups is 1. The number of carbonyl (C=O) groups is 2. The first-order chi connectivity index (χ1) is 26.5. The van der Waals surface area contributed by atoms with Gasteiger partial charge in [0.05, 0.1) is 27.7 Å². The molecule has 0 bridgehead atoms. The van der Waals surface area contributed by atoms with E-state index in [1.54, 1.807) is 0 Å². The lowest BCUT2D eigenvalue weighted by Gasteiger charge is -2.24. The van der Waals surface area contributed by atoms with Gasteiger partial charge in [-0.25, -0.2) is 4.57 Å². The lowest BCUT2D eigenvalue weighted by atomic mass is 10.1. The number of carbonyl (C=O) groups excluding carboxylic acids is 2. The van der Waals surface area contributed by atoms with Crippen molar-refractivity contribution in [3.05, 3.63) is 48.6 Å². The second-order valence-corrected chi connectivity index (χ2v) is 17.1. The molecule has 0 aliphatic rings. The summed E-state index contributed by atoms with van der Waals surface area (Å²) in [7, 11) is 1.46. The van der Waals surface area contributed by atoms with Crippen molar-refractivity contribution in [2.45, 2.75) is 180 Å². The third kappa shape index (κ3) is 41.4. The fraction of sp³-hybridized carbons (Fsp3) is 0.778. The van der Waals surface area contributed by atoms with Crippen LogP contribution in [-0.2, 0) is 32.7 Å². The fourth-order valence-corrected chi connectivity index (χ4v) is 6.41. The molecular weight excluding hydrogens is 713 g/mol. The van der Waals surface area contributed by atoms with E-state index in [9.17, 15) is 19.0 Å². The molecule has 0 aromatic heterocycles. The molecule has 0 radical (unpaired) electrons. The Bertz CT molecular complexity index is 1080. The summed E-state index contributed by atoms with van der Waals surface area (Å²) in [4.78, 5) is 35.3. The molecule has 0 heterocycles. The highest BCUT2D eigenvalue weighted by Crippen LogP contribution is 2.43. The van der Waals surface area contributed by atoms with E-state index in [1.165, 1.54) is 51.4 Å². The number of quaternary nitrogens is 1. The van der Waals surface area contributed by atoms with E-state index in [-0.39, 0.29) is 32.0 Å². The van der Waals surface area contributed by atoms with Gasteiger partial charge in [0.15, 0.2) is 6.10 Å². The van der Waals surface area contributed by atoms with E-state index in [4.69, 9.17) is 18.5 Å². The van der Waals surface area contributed by atoms with Crippen molar-refractivity contribution in [3.63, 3.8) is 0 Å². The molecule has 2 atom stereocenters. The number of phosphoric ester groups is 1. The van der Waals surface area contributed by atoms with Crippen molar-refractivity contribution in [1.29, 1.82) is 0 Å². The predicted molar refractivity (Wildman–Crippen MR) is 229 cm³/mol. The van der Waals surface area contributed by atoms with Crippen LogP contribution in [0.4, 0.5) is 0 Å². The normalized spacial score (nSPS) is 14.1. The summed E-state index contributed by atoms with van der Waals surface area (Å²) in [5.74, 6) is -0.830. The molecule has 55 heavy (non-hydrogen) atoms. The first kappa shape index (κ1) is 53.0. The standard InChI is InChI=1S/C45H82NO8P/c1-6-8-10-12-14-16-18-20-22-24-26-28-30-32-34-36-38-45(48)54-43(42-53-55(49,50)52-40-39-46(3,4)5)41-51-44(47)37-35-33-31-29-27-25-23-21-19-17-15-13-11-9-7-2/h9,11,15,17,21-24,43H,6-8,10,12-14,16,18-20,25-42H2,1-5H3/p+1/b11-9-,17-15-,23-21-,24-22-/t43-/m1/s1. The number of nitrogens with zero attached hydrogens (tertiary/aromatic N) is 1. The van der Waals surface area contributed by atoms with Crippen LogP contribution >= 0.6 is 7.82 Å². The second kappa shape index (κ2) is 37.5. The smallest absolute Gasteiger partial charge is 0.462 e. The van der Waals surface area contributed by atoms with Crippen LogP contribution < -0.4 is 0 Å². The molecule has 0 amide bonds. The molecule has 0 rings (SSSR count). The predicted octanol–water partition coefficient (Wildman–Crippen LogP) is 12.3. The highest BCUT2D eigenvalue weighted by molar-refractivity contribution is 7.47. The largest absolute Gasteiger partial charge is 0.472 e. The van der Waals surface area contributed by atoms with Crippen LogP contribution in [0.15, 0.2) is 48.6 Å². The lowest BCUT2D eigenvalue weighted by Crippen LogP contribution is -2.37. The zero-order chi connectivity index (χ0) is 40.7. The Hall–Kier alpha value is -2.03. The Labute approximate surface area is 337 Å². The summed E-state index contributed by atoms with van der Waals surface area (Å²) in [6.45, 7) is 4.27. The molecule has 1 unspecified atom stereocenters. The fourth-order valence-electron chi connectivity index (χ4n) is 5.67. The number of unbranched alkanes of at least 4 members (excludes halogenated alkanes) is 17. The molecule has 0 aliphatic heterocycles. The molecule has 320 valence electrons. The molecule has 0 aromatic rings. The summed E-state index contributed by atoms with van der Waals surface area (Å²) in [5.41, 5.74) is 0. The SMILES string of the molecule is CC/C=C\C/C=C\C/C=C\CCCCCCCC(=O)OC[C@H](COP(=O)(O)OCC[N+](C)(C)C)OC(=O)CCCCCCC/C=C\CCCCCCCCC. The van der Waals surface area contributed by atoms with Crippen LogP contribution in [0.1, 0.15) is 174 Å². The van der Waals surface area contributed by atoms with Crippen LogP contribution in [0.2, 0.25) is 0 Å². The summed E-state index contributed by atoms with van der Waals surface area (Å²) < 4.78 is 34.3. The summed E-state index contributed by atoms with van der Waals surface area (Å²) in [6, 6.07) is 0. The summed E-state index contributed by atoms with van der Waals surface area (Å²) >= 11 is 0. The zero-order valence-corrected chi connectivity index (χ0v) is 36.8. The number of hydrogen-bond acceptors (Lipinski definition) is 7. The van der Waals surface area contributed by atoms with Crippen molar-refractivity contribution >= 4 is 19.8 Å². The summed E-state index contributed by atoms with van der Waals surface area (Å²) in [6.07, 6.45) is 43.0. The number of hydrogen-bond donors (Lipinski definition) is 1. The molecule has 0 saturated heterocycles. The quantitative estimate of drug-likeness (QED) is 0.0215. The first-order valence-corrected chi connectivity index (χ1v) is 23.4. The van der Waals surface area contributed by atoms with Crippen molar-refractivity contribution in [2.75, 3.05) is 47.5 Å². The van der Waals surface area contributed by atoms with Crippen molar-refractivity contribution in [1.82, 2.24) is 0 Å². The van der Waals surface area contributed by atoms with Crippen LogP contribution in [-0.4, -0.2) is 74.9 Å². The van der Waals surface area contributed by atoms with E-state index < -0.39 is 26.5 Å². The van der Waals surface area contributed by atoms with Gasteiger partial charge >= 0.3 is 19.8 Å². The Balaban J connectivity index is 4.41. The van der Waals surface area contributed by atoms with Gasteiger partial charge < -0.3 is 18.9 Å². The van der Waals surface area contributed by atoms with Crippen LogP contribution in [0.3, 0.4) is 0 Å². The molecule has 0 saturated carbocycles. The topological polar surface area (TPSA) is 108 Å². The van der Waals surface area contributed by atoms with E-state index in [1.807, 2.05) is 21.1 Å². The highest BCUT2D eigenvalue weighted by Gasteiger charge is 2.27. The maximum atomic E-state index is 12.7. The van der Waals surface area contributed by atoms with Crippen molar-refractivity contribution in [2.24, 2.45) is 0 Å². The minimum Gasteiger partial charge on any atom is -0.462 e. The van der Waals surface area contributed by atoms with Gasteiger partial charge in [-0.3, -0.25) is 18.6 Å². The minimum atomic E-state index is -4.38. The lowest BCUT2D eigenvalue weighted by molar-refractivity contribution is -0.870. The van der Waals surface area contributed by atoms with Crippen molar-refractivity contribution in [3.8, 4) is 0 Å². The average Bonchev–Trinajstić information content (AvgIpc) is 3.13. The first-order valence-electron chi connectivity index (χ1n) is 21.9. The van der Waals surface area contributed by atoms with Crippen LogP contribution in [0.25, 0.3) is 0 Å². The van der Waals surface area contributed by atoms with Gasteiger partial charge in [0.25, 0.3) is 0 Å². The zero-order valence-electron chi connectivity index (χ0n) is 35.9. The molecule has 0 aromatic carbocycles. The Morgan fingerprint density at radius 3 is 1.56 bits per heavy atom. The van der Waals surface area contributed by atoms with Gasteiger partial charge in [0, 0.05) is 12.8 Å². The minimum absolute atomic E-state index is 0.0258. The number of esters is 2. The van der Waals surface area contributed by atoms with Gasteiger partial charge in [-0.05, 0) is 70.6 Å². The van der Waals surface area contributed by atoms with E-state index in [0.29, 0.717) is 23.9 Å². The van der Waals surface area contributed by atoms with E-state index >= 15 is 0 Å². The molecule has 9 nitrogen and oxygen atoms in total. The van der Waals surface area contributed by atoms with Gasteiger partial charge in [0.1, 0.15) is 19.8 Å². The third-order valence-electron chi connectivity index (χ3n) is 9.09. The molecule has 1 N–H and O–H groups in total. The average molecular weight is 797 g/mol. The van der Waals surface area contributed by atoms with E-state index in [2.05, 4.69) is 62.5 Å². The molecular formula is C45H83NO8P+. The number of allylic oxidation sites excluding steroid dienone is 8. The number of likely N-dealkylation sites (N-methyl/N-ethyl adjacent to an activating group) is 1. The van der Waals surface area contributed by atoms with Gasteiger partial charge in [0.2, 0.25) is 0 Å². The van der Waals surface area contributed by atoms with Gasteiger partial charge in [-0.1, -0.05) is 140 Å². The van der Waals surface area contributed by atoms with Crippen LogP contribution in [0, 0.1) is 0 Å². The molecule has 10 heteroatoms. The summed E-state index contributed by atoms with van der Waals surface area (Å²) in [5, 5.41) is 0.